The number of carbonyl (C=O) groups is 2. The van der Waals surface area contributed by atoms with E-state index in [1.807, 2.05) is 30.3 Å². The van der Waals surface area contributed by atoms with Gasteiger partial charge in [-0.1, -0.05) is 36.4 Å². The second-order valence-corrected chi connectivity index (χ2v) is 8.73. The van der Waals surface area contributed by atoms with Crippen molar-refractivity contribution in [3.63, 3.8) is 0 Å². The average Bonchev–Trinajstić information content (AvgIpc) is 2.77. The van der Waals surface area contributed by atoms with Crippen molar-refractivity contribution in [2.75, 3.05) is 19.6 Å². The number of sulfonamides is 1. The monoisotopic (exact) mass is 412 g/mol. The zero-order valence-corrected chi connectivity index (χ0v) is 16.9. The van der Waals surface area contributed by atoms with Gasteiger partial charge in [-0.2, -0.15) is 0 Å². The molecule has 1 aliphatic rings. The number of hydrogen-bond acceptors (Lipinski definition) is 4. The number of Topliss-reactive ketones (excluding diaryl/α,β-unsaturated/α-hetero) is 1. The number of amides is 1. The fourth-order valence-electron chi connectivity index (χ4n) is 3.39. The van der Waals surface area contributed by atoms with Crippen LogP contribution in [0.2, 0.25) is 0 Å². The topological polar surface area (TPSA) is 83.6 Å². The summed E-state index contributed by atoms with van der Waals surface area (Å²) in [4.78, 5) is 27.1. The average molecular weight is 413 g/mol. The number of ketones is 1. The molecule has 29 heavy (non-hydrogen) atoms. The van der Waals surface area contributed by atoms with Crippen LogP contribution in [-0.4, -0.2) is 44.6 Å². The highest BCUT2D eigenvalue weighted by molar-refractivity contribution is 7.89. The molecular formula is C22H24N2O4S. The van der Waals surface area contributed by atoms with Crippen LogP contribution in [0.1, 0.15) is 33.6 Å². The summed E-state index contributed by atoms with van der Waals surface area (Å²) in [5, 5.41) is 0. The van der Waals surface area contributed by atoms with Crippen molar-refractivity contribution in [1.29, 1.82) is 0 Å². The van der Waals surface area contributed by atoms with E-state index in [0.717, 1.165) is 0 Å². The Morgan fingerprint density at radius 1 is 1.00 bits per heavy atom. The summed E-state index contributed by atoms with van der Waals surface area (Å²) in [6.07, 6.45) is 2.70. The smallest absolute Gasteiger partial charge is 0.253 e. The number of benzene rings is 2. The largest absolute Gasteiger partial charge is 0.339 e. The molecule has 2 aromatic rings. The Morgan fingerprint density at radius 3 is 2.21 bits per heavy atom. The number of likely N-dealkylation sites (tertiary alicyclic amines) is 1. The fourth-order valence-corrected chi connectivity index (χ4v) is 4.39. The van der Waals surface area contributed by atoms with E-state index < -0.39 is 10.0 Å². The lowest BCUT2D eigenvalue weighted by atomic mass is 9.88. The minimum absolute atomic E-state index is 0.0788. The third-order valence-corrected chi connectivity index (χ3v) is 6.48. The van der Waals surface area contributed by atoms with Crippen LogP contribution in [0.4, 0.5) is 0 Å². The summed E-state index contributed by atoms with van der Waals surface area (Å²) in [7, 11) is -3.62. The molecule has 2 aromatic carbocycles. The van der Waals surface area contributed by atoms with E-state index in [1.54, 1.807) is 4.90 Å². The van der Waals surface area contributed by atoms with Crippen LogP contribution in [0.5, 0.6) is 0 Å². The number of carbonyl (C=O) groups excluding carboxylic acids is 2. The molecule has 1 fully saturated rings. The van der Waals surface area contributed by atoms with Gasteiger partial charge in [-0.15, -0.1) is 6.58 Å². The molecule has 1 amide bonds. The van der Waals surface area contributed by atoms with Gasteiger partial charge in [0.15, 0.2) is 5.78 Å². The summed E-state index contributed by atoms with van der Waals surface area (Å²) in [5.41, 5.74) is 1.14. The molecule has 0 saturated carbocycles. The van der Waals surface area contributed by atoms with Gasteiger partial charge in [0, 0.05) is 36.7 Å². The van der Waals surface area contributed by atoms with Crippen molar-refractivity contribution in [3.8, 4) is 0 Å². The molecule has 0 aromatic heterocycles. The number of rotatable bonds is 7. The number of nitrogens with one attached hydrogen (secondary N) is 1. The summed E-state index contributed by atoms with van der Waals surface area (Å²) < 4.78 is 26.6. The molecule has 1 N–H and O–H groups in total. The van der Waals surface area contributed by atoms with Crippen molar-refractivity contribution in [3.05, 3.63) is 78.4 Å². The molecule has 0 atom stereocenters. The van der Waals surface area contributed by atoms with E-state index in [4.69, 9.17) is 0 Å². The van der Waals surface area contributed by atoms with Crippen LogP contribution in [0, 0.1) is 5.92 Å². The first-order valence-electron chi connectivity index (χ1n) is 9.51. The third kappa shape index (κ3) is 4.99. The van der Waals surface area contributed by atoms with Gasteiger partial charge in [0.05, 0.1) is 4.90 Å². The number of hydrogen-bond donors (Lipinski definition) is 1. The summed E-state index contributed by atoms with van der Waals surface area (Å²) in [5.74, 6) is -0.109. The maximum Gasteiger partial charge on any atom is 0.253 e. The van der Waals surface area contributed by atoms with Crippen molar-refractivity contribution in [1.82, 2.24) is 9.62 Å². The predicted octanol–water partition coefficient (Wildman–Crippen LogP) is 2.89. The molecule has 0 aliphatic carbocycles. The van der Waals surface area contributed by atoms with E-state index in [0.29, 0.717) is 37.1 Å². The molecule has 7 heteroatoms. The Morgan fingerprint density at radius 2 is 1.62 bits per heavy atom. The van der Waals surface area contributed by atoms with Crippen LogP contribution in [0.15, 0.2) is 72.1 Å². The van der Waals surface area contributed by atoms with Crippen LogP contribution >= 0.6 is 0 Å². The van der Waals surface area contributed by atoms with E-state index >= 15 is 0 Å². The zero-order chi connectivity index (χ0) is 20.9. The Kier molecular flexibility index (Phi) is 6.61. The van der Waals surface area contributed by atoms with Crippen molar-refractivity contribution in [2.45, 2.75) is 17.7 Å². The van der Waals surface area contributed by atoms with Crippen molar-refractivity contribution in [2.24, 2.45) is 5.92 Å². The summed E-state index contributed by atoms with van der Waals surface area (Å²) >= 11 is 0. The van der Waals surface area contributed by atoms with Gasteiger partial charge in [0.2, 0.25) is 10.0 Å². The molecule has 0 bridgehead atoms. The van der Waals surface area contributed by atoms with Gasteiger partial charge in [0.25, 0.3) is 5.91 Å². The van der Waals surface area contributed by atoms with Gasteiger partial charge in [0.1, 0.15) is 0 Å². The standard InChI is InChI=1S/C22H24N2O4S/c1-2-14-23-29(27,28)20-10-8-19(9-11-20)22(26)24-15-12-18(13-16-24)21(25)17-6-4-3-5-7-17/h2-11,18,23H,1,12-16H2. The molecule has 6 nitrogen and oxygen atoms in total. The Balaban J connectivity index is 1.61. The first kappa shape index (κ1) is 21.0. The second kappa shape index (κ2) is 9.15. The SMILES string of the molecule is C=CCNS(=O)(=O)c1ccc(C(=O)N2CCC(C(=O)c3ccccc3)CC2)cc1. The predicted molar refractivity (Wildman–Crippen MR) is 111 cm³/mol. The molecule has 0 radical (unpaired) electrons. The van der Waals surface area contributed by atoms with E-state index in [-0.39, 0.29) is 29.0 Å². The second-order valence-electron chi connectivity index (χ2n) is 6.96. The van der Waals surface area contributed by atoms with Gasteiger partial charge < -0.3 is 4.90 Å². The highest BCUT2D eigenvalue weighted by Gasteiger charge is 2.28. The number of nitrogens with zero attached hydrogens (tertiary/aromatic N) is 1. The normalized spacial score (nSPS) is 15.1. The molecule has 1 aliphatic heterocycles. The van der Waals surface area contributed by atoms with Gasteiger partial charge >= 0.3 is 0 Å². The molecular weight excluding hydrogens is 388 g/mol. The minimum atomic E-state index is -3.62. The van der Waals surface area contributed by atoms with Crippen LogP contribution < -0.4 is 4.72 Å². The van der Waals surface area contributed by atoms with Crippen molar-refractivity contribution >= 4 is 21.7 Å². The molecule has 1 saturated heterocycles. The Hall–Kier alpha value is -2.77. The Labute approximate surface area is 171 Å². The first-order chi connectivity index (χ1) is 13.9. The van der Waals surface area contributed by atoms with E-state index in [2.05, 4.69) is 11.3 Å². The van der Waals surface area contributed by atoms with Gasteiger partial charge in [-0.05, 0) is 37.1 Å². The lowest BCUT2D eigenvalue weighted by molar-refractivity contribution is 0.0650. The maximum absolute atomic E-state index is 12.7. The van der Waals surface area contributed by atoms with Crippen LogP contribution in [-0.2, 0) is 10.0 Å². The summed E-state index contributed by atoms with van der Waals surface area (Å²) in [6.45, 7) is 4.63. The molecule has 1 heterocycles. The van der Waals surface area contributed by atoms with Gasteiger partial charge in [-0.25, -0.2) is 13.1 Å². The number of piperidine rings is 1. The molecule has 3 rings (SSSR count). The fraction of sp³-hybridized carbons (Fsp3) is 0.273. The zero-order valence-electron chi connectivity index (χ0n) is 16.1. The van der Waals surface area contributed by atoms with E-state index in [1.165, 1.54) is 30.3 Å². The maximum atomic E-state index is 12.7. The van der Waals surface area contributed by atoms with Gasteiger partial charge in [-0.3, -0.25) is 9.59 Å². The highest BCUT2D eigenvalue weighted by atomic mass is 32.2. The van der Waals surface area contributed by atoms with E-state index in [9.17, 15) is 18.0 Å². The lowest BCUT2D eigenvalue weighted by Crippen LogP contribution is -2.40. The first-order valence-corrected chi connectivity index (χ1v) is 11.0. The molecule has 152 valence electrons. The van der Waals surface area contributed by atoms with Crippen LogP contribution in [0.25, 0.3) is 0 Å². The summed E-state index contributed by atoms with van der Waals surface area (Å²) in [6, 6.07) is 15.1. The van der Waals surface area contributed by atoms with Crippen LogP contribution in [0.3, 0.4) is 0 Å². The Bertz CT molecular complexity index is 977. The quantitative estimate of drug-likeness (QED) is 0.560. The molecule has 0 unspecified atom stereocenters. The minimum Gasteiger partial charge on any atom is -0.339 e. The highest BCUT2D eigenvalue weighted by Crippen LogP contribution is 2.23. The third-order valence-electron chi connectivity index (χ3n) is 5.04. The lowest BCUT2D eigenvalue weighted by Gasteiger charge is -2.31. The van der Waals surface area contributed by atoms with Crippen molar-refractivity contribution < 1.29 is 18.0 Å². The molecule has 0 spiro atoms.